The van der Waals surface area contributed by atoms with Crippen LogP contribution in [0.15, 0.2) is 24.3 Å². The van der Waals surface area contributed by atoms with E-state index < -0.39 is 18.0 Å². The number of nitrogens with two attached hydrogens (primary N) is 1. The Kier molecular flexibility index (Phi) is 6.29. The molecule has 0 saturated carbocycles. The summed E-state index contributed by atoms with van der Waals surface area (Å²) < 4.78 is 0. The minimum Gasteiger partial charge on any atom is -0.342 e. The molecule has 2 rings (SSSR count). The lowest BCUT2D eigenvalue weighted by Gasteiger charge is -2.20. The van der Waals surface area contributed by atoms with Crippen molar-refractivity contribution in [3.63, 3.8) is 0 Å². The first-order chi connectivity index (χ1) is 10.3. The first kappa shape index (κ1) is 19.1. The Balaban J connectivity index is 0.00000264. The van der Waals surface area contributed by atoms with E-state index in [0.717, 1.165) is 5.56 Å². The third-order valence-electron chi connectivity index (χ3n) is 3.73. The number of hydrogen-bond donors (Lipinski definition) is 2. The second-order valence-electron chi connectivity index (χ2n) is 5.85. The van der Waals surface area contributed by atoms with Gasteiger partial charge in [-0.2, -0.15) is 0 Å². The summed E-state index contributed by atoms with van der Waals surface area (Å²) >= 11 is 0. The maximum absolute atomic E-state index is 12.2. The van der Waals surface area contributed by atoms with E-state index in [2.05, 4.69) is 5.32 Å². The van der Waals surface area contributed by atoms with Crippen molar-refractivity contribution in [3.05, 3.63) is 35.4 Å². The van der Waals surface area contributed by atoms with Gasteiger partial charge in [-0.3, -0.25) is 19.3 Å². The van der Waals surface area contributed by atoms with Crippen LogP contribution in [0.5, 0.6) is 0 Å². The molecule has 7 heteroatoms. The molecule has 0 bridgehead atoms. The summed E-state index contributed by atoms with van der Waals surface area (Å²) in [5.74, 6) is -1.10. The number of rotatable bonds is 4. The number of carbonyl (C=O) groups is 3. The standard InChI is InChI=1S/C16H21N3O3.ClH/c1-9(2)19-13(20)8-12(16(19)22)18-15(21)14(17)11-6-4-10(3)5-7-11;/h4-7,9,12,14H,8,17H2,1-3H3,(H,18,21);1H. The monoisotopic (exact) mass is 339 g/mol. The van der Waals surface area contributed by atoms with Gasteiger partial charge in [-0.05, 0) is 26.3 Å². The lowest BCUT2D eigenvalue weighted by atomic mass is 10.0. The smallest absolute Gasteiger partial charge is 0.252 e. The summed E-state index contributed by atoms with van der Waals surface area (Å²) in [6.07, 6.45) is -0.0105. The van der Waals surface area contributed by atoms with Crippen LogP contribution in [0.2, 0.25) is 0 Å². The van der Waals surface area contributed by atoms with Crippen molar-refractivity contribution in [3.8, 4) is 0 Å². The van der Waals surface area contributed by atoms with Crippen molar-refractivity contribution < 1.29 is 14.4 Å². The number of imide groups is 1. The van der Waals surface area contributed by atoms with Gasteiger partial charge in [0.2, 0.25) is 11.8 Å². The lowest BCUT2D eigenvalue weighted by Crippen LogP contribution is -2.46. The normalized spacial score (nSPS) is 18.8. The van der Waals surface area contributed by atoms with E-state index in [1.165, 1.54) is 4.90 Å². The number of hydrogen-bond acceptors (Lipinski definition) is 4. The summed E-state index contributed by atoms with van der Waals surface area (Å²) in [7, 11) is 0. The zero-order valence-corrected chi connectivity index (χ0v) is 14.2. The van der Waals surface area contributed by atoms with Crippen LogP contribution >= 0.6 is 12.4 Å². The summed E-state index contributed by atoms with van der Waals surface area (Å²) in [5, 5.41) is 2.58. The summed E-state index contributed by atoms with van der Waals surface area (Å²) in [6, 6.07) is 5.40. The number of aryl methyl sites for hydroxylation is 1. The van der Waals surface area contributed by atoms with Crippen LogP contribution < -0.4 is 11.1 Å². The van der Waals surface area contributed by atoms with Crippen molar-refractivity contribution in [1.82, 2.24) is 10.2 Å². The van der Waals surface area contributed by atoms with Crippen LogP contribution in [0.1, 0.15) is 37.4 Å². The number of likely N-dealkylation sites (tertiary alicyclic amines) is 1. The van der Waals surface area contributed by atoms with Gasteiger partial charge >= 0.3 is 0 Å². The zero-order chi connectivity index (χ0) is 16.4. The first-order valence-corrected chi connectivity index (χ1v) is 7.29. The van der Waals surface area contributed by atoms with Gasteiger partial charge in [0.05, 0.1) is 6.42 Å². The fourth-order valence-corrected chi connectivity index (χ4v) is 2.49. The number of benzene rings is 1. The minimum atomic E-state index is -0.864. The largest absolute Gasteiger partial charge is 0.342 e. The molecule has 3 N–H and O–H groups in total. The third kappa shape index (κ3) is 4.09. The van der Waals surface area contributed by atoms with Crippen LogP contribution in [0, 0.1) is 6.92 Å². The van der Waals surface area contributed by atoms with Crippen molar-refractivity contribution in [2.75, 3.05) is 0 Å². The molecule has 2 atom stereocenters. The van der Waals surface area contributed by atoms with Gasteiger partial charge in [0, 0.05) is 6.04 Å². The Labute approximate surface area is 141 Å². The number of halogens is 1. The maximum Gasteiger partial charge on any atom is 0.252 e. The molecule has 1 aliphatic rings. The summed E-state index contributed by atoms with van der Waals surface area (Å²) in [4.78, 5) is 37.3. The molecule has 1 heterocycles. The molecule has 6 nitrogen and oxygen atoms in total. The maximum atomic E-state index is 12.2. The molecule has 0 aliphatic carbocycles. The Hall–Kier alpha value is -1.92. The van der Waals surface area contributed by atoms with E-state index in [1.807, 2.05) is 19.1 Å². The van der Waals surface area contributed by atoms with Crippen molar-refractivity contribution in [1.29, 1.82) is 0 Å². The summed E-state index contributed by atoms with van der Waals surface area (Å²) in [5.41, 5.74) is 7.66. The van der Waals surface area contributed by atoms with Gasteiger partial charge in [0.25, 0.3) is 5.91 Å². The zero-order valence-electron chi connectivity index (χ0n) is 13.4. The molecule has 1 saturated heterocycles. The van der Waals surface area contributed by atoms with E-state index in [1.54, 1.807) is 26.0 Å². The third-order valence-corrected chi connectivity index (χ3v) is 3.73. The van der Waals surface area contributed by atoms with E-state index in [0.29, 0.717) is 5.56 Å². The first-order valence-electron chi connectivity index (χ1n) is 7.29. The van der Waals surface area contributed by atoms with Crippen LogP contribution in [-0.2, 0) is 14.4 Å². The second kappa shape index (κ2) is 7.57. The topological polar surface area (TPSA) is 92.5 Å². The molecule has 23 heavy (non-hydrogen) atoms. The van der Waals surface area contributed by atoms with Crippen molar-refractivity contribution >= 4 is 30.1 Å². The molecule has 3 amide bonds. The highest BCUT2D eigenvalue weighted by atomic mass is 35.5. The fourth-order valence-electron chi connectivity index (χ4n) is 2.49. The average molecular weight is 340 g/mol. The fraction of sp³-hybridized carbons (Fsp3) is 0.438. The van der Waals surface area contributed by atoms with Gasteiger partial charge in [-0.1, -0.05) is 29.8 Å². The van der Waals surface area contributed by atoms with Gasteiger partial charge in [0.15, 0.2) is 0 Å². The number of nitrogens with one attached hydrogen (secondary N) is 1. The highest BCUT2D eigenvalue weighted by Crippen LogP contribution is 2.18. The SMILES string of the molecule is Cc1ccc(C(N)C(=O)NC2CC(=O)N(C(C)C)C2=O)cc1.Cl. The van der Waals surface area contributed by atoms with Gasteiger partial charge in [-0.15, -0.1) is 12.4 Å². The van der Waals surface area contributed by atoms with Crippen LogP contribution in [0.25, 0.3) is 0 Å². The second-order valence-corrected chi connectivity index (χ2v) is 5.85. The molecule has 1 aromatic rings. The van der Waals surface area contributed by atoms with Crippen molar-refractivity contribution in [2.24, 2.45) is 5.73 Å². The van der Waals surface area contributed by atoms with E-state index in [4.69, 9.17) is 5.73 Å². The molecule has 0 spiro atoms. The molecular weight excluding hydrogens is 318 g/mol. The van der Waals surface area contributed by atoms with Crippen LogP contribution in [-0.4, -0.2) is 34.7 Å². The minimum absolute atomic E-state index is 0. The van der Waals surface area contributed by atoms with Crippen LogP contribution in [0.3, 0.4) is 0 Å². The molecule has 126 valence electrons. The predicted octanol–water partition coefficient (Wildman–Crippen LogP) is 1.07. The molecule has 1 aliphatic heterocycles. The molecule has 0 aromatic heterocycles. The number of carbonyl (C=O) groups excluding carboxylic acids is 3. The predicted molar refractivity (Wildman–Crippen MR) is 88.9 cm³/mol. The Bertz CT molecular complexity index is 601. The number of amides is 3. The average Bonchev–Trinajstić information content (AvgIpc) is 2.73. The van der Waals surface area contributed by atoms with E-state index >= 15 is 0 Å². The van der Waals surface area contributed by atoms with Gasteiger partial charge < -0.3 is 11.1 Å². The van der Waals surface area contributed by atoms with E-state index in [9.17, 15) is 14.4 Å². The molecular formula is C16H22ClN3O3. The summed E-state index contributed by atoms with van der Waals surface area (Å²) in [6.45, 7) is 5.47. The Morgan fingerprint density at radius 1 is 1.26 bits per heavy atom. The molecule has 0 radical (unpaired) electrons. The van der Waals surface area contributed by atoms with E-state index in [-0.39, 0.29) is 36.7 Å². The highest BCUT2D eigenvalue weighted by molar-refractivity contribution is 6.07. The Morgan fingerprint density at radius 3 is 2.30 bits per heavy atom. The van der Waals surface area contributed by atoms with Gasteiger partial charge in [0.1, 0.15) is 12.1 Å². The molecule has 1 fully saturated rings. The Morgan fingerprint density at radius 2 is 1.83 bits per heavy atom. The van der Waals surface area contributed by atoms with Crippen molar-refractivity contribution in [2.45, 2.75) is 45.3 Å². The van der Waals surface area contributed by atoms with Crippen LogP contribution in [0.4, 0.5) is 0 Å². The lowest BCUT2D eigenvalue weighted by molar-refractivity contribution is -0.141. The molecule has 2 unspecified atom stereocenters. The number of nitrogens with zero attached hydrogens (tertiary/aromatic N) is 1. The van der Waals surface area contributed by atoms with Gasteiger partial charge in [-0.25, -0.2) is 0 Å². The quantitative estimate of drug-likeness (QED) is 0.802. The highest BCUT2D eigenvalue weighted by Gasteiger charge is 2.41. The molecule has 1 aromatic carbocycles.